The molecule has 0 radical (unpaired) electrons. The number of pyridine rings is 1. The molecule has 0 saturated carbocycles. The van der Waals surface area contributed by atoms with Gasteiger partial charge in [-0.25, -0.2) is 4.98 Å². The molecule has 0 aliphatic rings. The van der Waals surface area contributed by atoms with Gasteiger partial charge in [0.2, 0.25) is 0 Å². The Balaban J connectivity index is 2.32. The fourth-order valence-electron chi connectivity index (χ4n) is 2.82. The van der Waals surface area contributed by atoms with Crippen molar-refractivity contribution >= 4 is 11.5 Å². The number of nitrogen functional groups attached to an aromatic ring is 1. The molecule has 0 atom stereocenters. The second-order valence-electron chi connectivity index (χ2n) is 5.51. The zero-order chi connectivity index (χ0) is 18.0. The van der Waals surface area contributed by atoms with Gasteiger partial charge in [-0.3, -0.25) is 10.1 Å². The first-order chi connectivity index (χ1) is 12.0. The monoisotopic (exact) mass is 330 g/mol. The van der Waals surface area contributed by atoms with Crippen LogP contribution in [0.25, 0.3) is 22.4 Å². The zero-order valence-corrected chi connectivity index (χ0v) is 13.4. The highest BCUT2D eigenvalue weighted by Crippen LogP contribution is 2.36. The third-order valence-electron chi connectivity index (χ3n) is 3.97. The molecule has 25 heavy (non-hydrogen) atoms. The van der Waals surface area contributed by atoms with Crippen LogP contribution in [-0.4, -0.2) is 9.91 Å². The number of rotatable bonds is 3. The van der Waals surface area contributed by atoms with Crippen molar-refractivity contribution in [3.63, 3.8) is 0 Å². The molecule has 122 valence electrons. The van der Waals surface area contributed by atoms with E-state index < -0.39 is 4.92 Å². The first kappa shape index (κ1) is 16.1. The molecule has 2 aromatic carbocycles. The topological polar surface area (TPSA) is 106 Å². The van der Waals surface area contributed by atoms with E-state index in [0.29, 0.717) is 16.8 Å². The molecule has 1 heterocycles. The van der Waals surface area contributed by atoms with Gasteiger partial charge in [-0.15, -0.1) is 0 Å². The summed E-state index contributed by atoms with van der Waals surface area (Å²) in [4.78, 5) is 15.0. The summed E-state index contributed by atoms with van der Waals surface area (Å²) in [6, 6.07) is 17.7. The van der Waals surface area contributed by atoms with Crippen molar-refractivity contribution in [3.8, 4) is 28.5 Å². The quantitative estimate of drug-likeness (QED) is 0.575. The van der Waals surface area contributed by atoms with Gasteiger partial charge in [-0.1, -0.05) is 42.5 Å². The molecule has 0 spiro atoms. The molecular formula is C19H14N4O2. The van der Waals surface area contributed by atoms with Crippen LogP contribution < -0.4 is 5.73 Å². The largest absolute Gasteiger partial charge is 0.383 e. The highest BCUT2D eigenvalue weighted by atomic mass is 16.6. The summed E-state index contributed by atoms with van der Waals surface area (Å²) in [5.41, 5.74) is 9.58. The van der Waals surface area contributed by atoms with Gasteiger partial charge in [0.15, 0.2) is 0 Å². The van der Waals surface area contributed by atoms with Crippen LogP contribution in [0.3, 0.4) is 0 Å². The number of nitro benzene ring substituents is 1. The van der Waals surface area contributed by atoms with E-state index in [9.17, 15) is 15.4 Å². The Hall–Kier alpha value is -3.72. The van der Waals surface area contributed by atoms with E-state index in [1.807, 2.05) is 37.3 Å². The lowest BCUT2D eigenvalue weighted by Crippen LogP contribution is -2.03. The number of nitriles is 1. The minimum absolute atomic E-state index is 0.0440. The van der Waals surface area contributed by atoms with Crippen molar-refractivity contribution in [3.05, 3.63) is 75.8 Å². The molecule has 3 aromatic rings. The Bertz CT molecular complexity index is 1010. The molecule has 3 rings (SSSR count). The summed E-state index contributed by atoms with van der Waals surface area (Å²) < 4.78 is 0. The number of anilines is 1. The van der Waals surface area contributed by atoms with Crippen molar-refractivity contribution in [1.29, 1.82) is 5.26 Å². The van der Waals surface area contributed by atoms with E-state index in [-0.39, 0.29) is 17.1 Å². The fourth-order valence-corrected chi connectivity index (χ4v) is 2.82. The zero-order valence-electron chi connectivity index (χ0n) is 13.4. The van der Waals surface area contributed by atoms with Crippen LogP contribution in [0, 0.1) is 28.4 Å². The lowest BCUT2D eigenvalue weighted by atomic mass is 9.92. The normalized spacial score (nSPS) is 10.2. The molecule has 0 amide bonds. The standard InChI is InChI=1S/C19H14N4O2/c1-12-17(14-8-5-9-15(10-14)23(24)25)16(11-20)19(21)22-18(12)13-6-3-2-4-7-13/h2-10H,1H3,(H2,21,22). The summed E-state index contributed by atoms with van der Waals surface area (Å²) in [6.07, 6.45) is 0. The van der Waals surface area contributed by atoms with Crippen molar-refractivity contribution in [2.24, 2.45) is 0 Å². The van der Waals surface area contributed by atoms with Crippen LogP contribution in [-0.2, 0) is 0 Å². The molecule has 0 saturated heterocycles. The van der Waals surface area contributed by atoms with E-state index in [4.69, 9.17) is 5.73 Å². The fraction of sp³-hybridized carbons (Fsp3) is 0.0526. The number of nitrogens with two attached hydrogens (primary N) is 1. The van der Waals surface area contributed by atoms with Crippen LogP contribution in [0.1, 0.15) is 11.1 Å². The molecule has 0 aliphatic heterocycles. The number of non-ortho nitro benzene ring substituents is 1. The van der Waals surface area contributed by atoms with Gasteiger partial charge in [0.25, 0.3) is 5.69 Å². The van der Waals surface area contributed by atoms with Gasteiger partial charge < -0.3 is 5.73 Å². The molecule has 0 bridgehead atoms. The van der Waals surface area contributed by atoms with E-state index in [0.717, 1.165) is 11.1 Å². The third-order valence-corrected chi connectivity index (χ3v) is 3.97. The van der Waals surface area contributed by atoms with Crippen LogP contribution in [0.5, 0.6) is 0 Å². The average Bonchev–Trinajstić information content (AvgIpc) is 2.63. The van der Waals surface area contributed by atoms with E-state index in [1.165, 1.54) is 12.1 Å². The number of nitro groups is 1. The van der Waals surface area contributed by atoms with Crippen molar-refractivity contribution < 1.29 is 4.92 Å². The SMILES string of the molecule is Cc1c(-c2ccccc2)nc(N)c(C#N)c1-c1cccc([N+](=O)[O-])c1. The minimum atomic E-state index is -0.465. The van der Waals surface area contributed by atoms with Gasteiger partial charge in [0, 0.05) is 23.3 Å². The number of benzene rings is 2. The molecule has 0 unspecified atom stereocenters. The molecule has 6 nitrogen and oxygen atoms in total. The van der Waals surface area contributed by atoms with Crippen LogP contribution in [0.15, 0.2) is 54.6 Å². The van der Waals surface area contributed by atoms with Gasteiger partial charge in [-0.2, -0.15) is 5.26 Å². The first-order valence-corrected chi connectivity index (χ1v) is 7.53. The van der Waals surface area contributed by atoms with Gasteiger partial charge in [0.1, 0.15) is 17.5 Å². The molecule has 6 heteroatoms. The lowest BCUT2D eigenvalue weighted by molar-refractivity contribution is -0.384. The van der Waals surface area contributed by atoms with E-state index in [1.54, 1.807) is 12.1 Å². The summed E-state index contributed by atoms with van der Waals surface area (Å²) in [5.74, 6) is 0.105. The van der Waals surface area contributed by atoms with E-state index >= 15 is 0 Å². The third kappa shape index (κ3) is 2.91. The highest BCUT2D eigenvalue weighted by molar-refractivity contribution is 5.84. The van der Waals surface area contributed by atoms with E-state index in [2.05, 4.69) is 11.1 Å². The Labute approximate surface area is 144 Å². The second kappa shape index (κ2) is 6.42. The molecule has 0 fully saturated rings. The summed E-state index contributed by atoms with van der Waals surface area (Å²) in [7, 11) is 0. The van der Waals surface area contributed by atoms with Crippen molar-refractivity contribution in [2.75, 3.05) is 5.73 Å². The predicted octanol–water partition coefficient (Wildman–Crippen LogP) is 4.09. The van der Waals surface area contributed by atoms with Crippen LogP contribution in [0.4, 0.5) is 11.5 Å². The second-order valence-corrected chi connectivity index (χ2v) is 5.51. The number of hydrogen-bond acceptors (Lipinski definition) is 5. The van der Waals surface area contributed by atoms with Gasteiger partial charge in [0.05, 0.1) is 10.6 Å². The highest BCUT2D eigenvalue weighted by Gasteiger charge is 2.19. The molecule has 1 aromatic heterocycles. The number of nitrogens with zero attached hydrogens (tertiary/aromatic N) is 3. The summed E-state index contributed by atoms with van der Waals surface area (Å²) in [5, 5.41) is 20.6. The predicted molar refractivity (Wildman–Crippen MR) is 95.6 cm³/mol. The molecular weight excluding hydrogens is 316 g/mol. The Kier molecular flexibility index (Phi) is 4.14. The van der Waals surface area contributed by atoms with Crippen LogP contribution in [0.2, 0.25) is 0 Å². The van der Waals surface area contributed by atoms with Crippen LogP contribution >= 0.6 is 0 Å². The first-order valence-electron chi connectivity index (χ1n) is 7.53. The number of hydrogen-bond donors (Lipinski definition) is 1. The smallest absolute Gasteiger partial charge is 0.270 e. The lowest BCUT2D eigenvalue weighted by Gasteiger charge is -2.15. The Morgan fingerprint density at radius 2 is 1.80 bits per heavy atom. The maximum absolute atomic E-state index is 11.1. The number of aromatic nitrogens is 1. The molecule has 2 N–H and O–H groups in total. The maximum Gasteiger partial charge on any atom is 0.270 e. The summed E-state index contributed by atoms with van der Waals surface area (Å²) in [6.45, 7) is 1.84. The minimum Gasteiger partial charge on any atom is -0.383 e. The van der Waals surface area contributed by atoms with Gasteiger partial charge in [-0.05, 0) is 18.1 Å². The molecule has 0 aliphatic carbocycles. The maximum atomic E-state index is 11.1. The summed E-state index contributed by atoms with van der Waals surface area (Å²) >= 11 is 0. The average molecular weight is 330 g/mol. The Morgan fingerprint density at radius 3 is 2.44 bits per heavy atom. The van der Waals surface area contributed by atoms with Crippen molar-refractivity contribution in [1.82, 2.24) is 4.98 Å². The Morgan fingerprint density at radius 1 is 1.12 bits per heavy atom. The van der Waals surface area contributed by atoms with Gasteiger partial charge >= 0.3 is 0 Å². The van der Waals surface area contributed by atoms with Crippen molar-refractivity contribution in [2.45, 2.75) is 6.92 Å².